The van der Waals surface area contributed by atoms with Gasteiger partial charge in [-0.15, -0.1) is 0 Å². The number of carbonyl (C=O) groups excluding carboxylic acids is 1. The molecule has 8 nitrogen and oxygen atoms in total. The van der Waals surface area contributed by atoms with E-state index in [1.54, 1.807) is 60.7 Å². The molecule has 1 aliphatic heterocycles. The van der Waals surface area contributed by atoms with Gasteiger partial charge < -0.3 is 5.32 Å². The van der Waals surface area contributed by atoms with E-state index in [-0.39, 0.29) is 29.4 Å². The van der Waals surface area contributed by atoms with Gasteiger partial charge in [-0.3, -0.25) is 4.79 Å². The summed E-state index contributed by atoms with van der Waals surface area (Å²) in [6.07, 6.45) is 0. The molecule has 0 saturated carbocycles. The van der Waals surface area contributed by atoms with E-state index in [2.05, 4.69) is 21.2 Å². The van der Waals surface area contributed by atoms with E-state index in [1.165, 1.54) is 24.3 Å². The number of carbonyl (C=O) groups is 1. The van der Waals surface area contributed by atoms with Crippen LogP contribution >= 0.6 is 15.9 Å². The average molecular weight is 564 g/mol. The molecule has 34 heavy (non-hydrogen) atoms. The van der Waals surface area contributed by atoms with Crippen molar-refractivity contribution in [3.8, 4) is 0 Å². The summed E-state index contributed by atoms with van der Waals surface area (Å²) in [5.74, 6) is -0.620. The second-order valence-corrected chi connectivity index (χ2v) is 12.4. The predicted octanol–water partition coefficient (Wildman–Crippen LogP) is 3.15. The normalized spacial score (nSPS) is 17.9. The SMILES string of the molecule is O=C(Nc1cccc(Br)c1)[C@H]1CN(S(=O)(=O)c2ccccc2)CCN1S(=O)(=O)c1ccccc1. The molecule has 1 aliphatic rings. The Kier molecular flexibility index (Phi) is 7.20. The van der Waals surface area contributed by atoms with Gasteiger partial charge in [-0.05, 0) is 42.5 Å². The molecule has 1 atom stereocenters. The highest BCUT2D eigenvalue weighted by atomic mass is 79.9. The Labute approximate surface area is 207 Å². The van der Waals surface area contributed by atoms with Gasteiger partial charge in [0.25, 0.3) is 0 Å². The van der Waals surface area contributed by atoms with Crippen LogP contribution in [0.5, 0.6) is 0 Å². The Morgan fingerprint density at radius 3 is 1.97 bits per heavy atom. The van der Waals surface area contributed by atoms with E-state index in [4.69, 9.17) is 0 Å². The molecule has 1 heterocycles. The van der Waals surface area contributed by atoms with Crippen LogP contribution in [0, 0.1) is 0 Å². The monoisotopic (exact) mass is 563 g/mol. The number of nitrogens with one attached hydrogen (secondary N) is 1. The third-order valence-corrected chi connectivity index (χ3v) is 9.71. The number of amides is 1. The Balaban J connectivity index is 1.69. The van der Waals surface area contributed by atoms with E-state index >= 15 is 0 Å². The lowest BCUT2D eigenvalue weighted by Gasteiger charge is -2.38. The molecule has 3 aromatic carbocycles. The third-order valence-electron chi connectivity index (χ3n) is 5.42. The maximum Gasteiger partial charge on any atom is 0.244 e. The van der Waals surface area contributed by atoms with Crippen molar-refractivity contribution in [1.82, 2.24) is 8.61 Å². The first-order chi connectivity index (χ1) is 16.2. The van der Waals surface area contributed by atoms with Crippen LogP contribution in [-0.4, -0.2) is 57.0 Å². The van der Waals surface area contributed by atoms with Gasteiger partial charge in [-0.25, -0.2) is 16.8 Å². The van der Waals surface area contributed by atoms with Crippen molar-refractivity contribution in [3.05, 3.63) is 89.4 Å². The van der Waals surface area contributed by atoms with Crippen LogP contribution in [-0.2, 0) is 24.8 Å². The molecule has 11 heteroatoms. The van der Waals surface area contributed by atoms with Crippen LogP contribution in [0.1, 0.15) is 0 Å². The lowest BCUT2D eigenvalue weighted by Crippen LogP contribution is -2.60. The Morgan fingerprint density at radius 2 is 1.38 bits per heavy atom. The minimum Gasteiger partial charge on any atom is -0.325 e. The van der Waals surface area contributed by atoms with Crippen LogP contribution in [0.2, 0.25) is 0 Å². The minimum absolute atomic E-state index is 0.0367. The van der Waals surface area contributed by atoms with Crippen molar-refractivity contribution < 1.29 is 21.6 Å². The molecule has 0 aromatic heterocycles. The summed E-state index contributed by atoms with van der Waals surface area (Å²) >= 11 is 3.34. The van der Waals surface area contributed by atoms with E-state index in [9.17, 15) is 21.6 Å². The maximum atomic E-state index is 13.4. The molecule has 1 N–H and O–H groups in total. The number of halogens is 1. The number of anilines is 1. The molecule has 1 fully saturated rings. The van der Waals surface area contributed by atoms with Gasteiger partial charge in [0.1, 0.15) is 6.04 Å². The zero-order valence-electron chi connectivity index (χ0n) is 17.9. The van der Waals surface area contributed by atoms with Crippen molar-refractivity contribution in [2.75, 3.05) is 25.0 Å². The van der Waals surface area contributed by atoms with E-state index in [0.29, 0.717) is 5.69 Å². The third kappa shape index (κ3) is 5.08. The average Bonchev–Trinajstić information content (AvgIpc) is 2.84. The van der Waals surface area contributed by atoms with Gasteiger partial charge in [0.2, 0.25) is 26.0 Å². The summed E-state index contributed by atoms with van der Waals surface area (Å²) in [7, 11) is -7.97. The second-order valence-electron chi connectivity index (χ2n) is 7.62. The molecule has 3 aromatic rings. The van der Waals surface area contributed by atoms with Crippen molar-refractivity contribution in [2.45, 2.75) is 15.8 Å². The summed E-state index contributed by atoms with van der Waals surface area (Å²) in [5.41, 5.74) is 0.458. The molecule has 1 saturated heterocycles. The van der Waals surface area contributed by atoms with Crippen molar-refractivity contribution >= 4 is 47.6 Å². The number of nitrogens with zero attached hydrogens (tertiary/aromatic N) is 2. The first kappa shape index (κ1) is 24.6. The lowest BCUT2D eigenvalue weighted by atomic mass is 10.2. The summed E-state index contributed by atoms with van der Waals surface area (Å²) in [4.78, 5) is 13.4. The molecule has 0 aliphatic carbocycles. The van der Waals surface area contributed by atoms with Crippen LogP contribution in [0.15, 0.2) is 99.2 Å². The molecule has 0 unspecified atom stereocenters. The maximum absolute atomic E-state index is 13.4. The Morgan fingerprint density at radius 1 is 0.794 bits per heavy atom. The van der Waals surface area contributed by atoms with E-state index in [0.717, 1.165) is 13.1 Å². The number of hydrogen-bond acceptors (Lipinski definition) is 5. The van der Waals surface area contributed by atoms with Gasteiger partial charge >= 0.3 is 0 Å². The van der Waals surface area contributed by atoms with Gasteiger partial charge in [-0.1, -0.05) is 58.4 Å². The van der Waals surface area contributed by atoms with Crippen molar-refractivity contribution in [1.29, 1.82) is 0 Å². The topological polar surface area (TPSA) is 104 Å². The van der Waals surface area contributed by atoms with Crippen LogP contribution in [0.4, 0.5) is 5.69 Å². The second kappa shape index (κ2) is 9.96. The number of hydrogen-bond donors (Lipinski definition) is 1. The highest BCUT2D eigenvalue weighted by Crippen LogP contribution is 2.26. The molecule has 0 spiro atoms. The zero-order chi connectivity index (χ0) is 24.3. The van der Waals surface area contributed by atoms with Crippen molar-refractivity contribution in [3.63, 3.8) is 0 Å². The molecule has 1 amide bonds. The lowest BCUT2D eigenvalue weighted by molar-refractivity contribution is -0.120. The first-order valence-corrected chi connectivity index (χ1v) is 14.1. The van der Waals surface area contributed by atoms with E-state index < -0.39 is 32.0 Å². The Bertz CT molecular complexity index is 1380. The van der Waals surface area contributed by atoms with Crippen molar-refractivity contribution in [2.24, 2.45) is 0 Å². The summed E-state index contributed by atoms with van der Waals surface area (Å²) in [6, 6.07) is 21.3. The van der Waals surface area contributed by atoms with Crippen LogP contribution < -0.4 is 5.32 Å². The highest BCUT2D eigenvalue weighted by Gasteiger charge is 2.43. The summed E-state index contributed by atoms with van der Waals surface area (Å²) in [6.45, 7) is -0.563. The fourth-order valence-electron chi connectivity index (χ4n) is 3.72. The molecule has 0 radical (unpaired) electrons. The fourth-order valence-corrected chi connectivity index (χ4v) is 7.17. The molecular formula is C23H22BrN3O5S2. The first-order valence-electron chi connectivity index (χ1n) is 10.4. The largest absolute Gasteiger partial charge is 0.325 e. The molecular weight excluding hydrogens is 542 g/mol. The minimum atomic E-state index is -4.05. The molecule has 178 valence electrons. The van der Waals surface area contributed by atoms with Gasteiger partial charge in [0.05, 0.1) is 9.79 Å². The number of piperazine rings is 1. The number of sulfonamides is 2. The highest BCUT2D eigenvalue weighted by molar-refractivity contribution is 9.10. The van der Waals surface area contributed by atoms with Gasteiger partial charge in [0.15, 0.2) is 0 Å². The fraction of sp³-hybridized carbons (Fsp3) is 0.174. The quantitative estimate of drug-likeness (QED) is 0.496. The summed E-state index contributed by atoms with van der Waals surface area (Å²) in [5, 5.41) is 2.72. The zero-order valence-corrected chi connectivity index (χ0v) is 21.1. The van der Waals surface area contributed by atoms with E-state index in [1.807, 2.05) is 0 Å². The summed E-state index contributed by atoms with van der Waals surface area (Å²) < 4.78 is 56.2. The molecule has 0 bridgehead atoms. The number of benzene rings is 3. The van der Waals surface area contributed by atoms with Gasteiger partial charge in [0, 0.05) is 29.8 Å². The molecule has 4 rings (SSSR count). The van der Waals surface area contributed by atoms with Crippen LogP contribution in [0.3, 0.4) is 0 Å². The standard InChI is InChI=1S/C23H22BrN3O5S2/c24-18-8-7-9-19(16-18)25-23(28)22-17-26(33(29,30)20-10-3-1-4-11-20)14-15-27(22)34(31,32)21-12-5-2-6-13-21/h1-13,16,22H,14-15,17H2,(H,25,28)/t22-/m1/s1. The number of rotatable bonds is 6. The Hall–Kier alpha value is -2.57. The smallest absolute Gasteiger partial charge is 0.244 e. The predicted molar refractivity (Wildman–Crippen MR) is 132 cm³/mol. The van der Waals surface area contributed by atoms with Crippen LogP contribution in [0.25, 0.3) is 0 Å². The van der Waals surface area contributed by atoms with Gasteiger partial charge in [-0.2, -0.15) is 8.61 Å².